The van der Waals surface area contributed by atoms with E-state index in [1.807, 2.05) is 12.1 Å². The van der Waals surface area contributed by atoms with E-state index in [1.165, 1.54) is 22.4 Å². The Morgan fingerprint density at radius 2 is 1.76 bits per heavy atom. The Labute approximate surface area is 148 Å². The summed E-state index contributed by atoms with van der Waals surface area (Å²) >= 11 is 0. The highest BCUT2D eigenvalue weighted by atomic mass is 16.5. The fourth-order valence-corrected chi connectivity index (χ4v) is 3.27. The molecule has 1 N–H and O–H groups in total. The van der Waals surface area contributed by atoms with Crippen LogP contribution < -0.4 is 4.74 Å². The Morgan fingerprint density at radius 3 is 2.44 bits per heavy atom. The van der Waals surface area contributed by atoms with Gasteiger partial charge in [-0.2, -0.15) is 5.10 Å². The second-order valence-corrected chi connectivity index (χ2v) is 6.00. The Morgan fingerprint density at radius 1 is 1.08 bits per heavy atom. The molecule has 4 nitrogen and oxygen atoms in total. The van der Waals surface area contributed by atoms with Gasteiger partial charge in [-0.25, -0.2) is 4.68 Å². The maximum atomic E-state index is 7.57. The summed E-state index contributed by atoms with van der Waals surface area (Å²) < 4.78 is 7.32. The second-order valence-electron chi connectivity index (χ2n) is 6.00. The monoisotopic (exact) mass is 336 g/mol. The molecule has 4 rings (SSSR count). The second kappa shape index (κ2) is 7.53. The highest BCUT2D eigenvalue weighted by molar-refractivity contribution is 5.72. The summed E-state index contributed by atoms with van der Waals surface area (Å²) in [6, 6.07) is 16.7. The lowest BCUT2D eigenvalue weighted by molar-refractivity contribution is 0.318. The normalized spacial score (nSPS) is 11.8. The van der Waals surface area contributed by atoms with Crippen molar-refractivity contribution in [2.24, 2.45) is 0 Å². The smallest absolute Gasteiger partial charge is 0.119 e. The molecule has 0 radical (unpaired) electrons. The van der Waals surface area contributed by atoms with Crippen molar-refractivity contribution in [2.75, 3.05) is 13.7 Å². The Hall–Kier alpha value is -2.59. The summed E-state index contributed by atoms with van der Waals surface area (Å²) in [5.41, 5.74) is 7.52. The van der Waals surface area contributed by atoms with Crippen LogP contribution in [0.1, 0.15) is 23.7 Å². The Bertz CT molecular complexity index is 851. The van der Waals surface area contributed by atoms with Crippen molar-refractivity contribution in [1.29, 1.82) is 0 Å². The van der Waals surface area contributed by atoms with E-state index in [2.05, 4.69) is 48.0 Å². The number of aromatic nitrogens is 2. The van der Waals surface area contributed by atoms with E-state index in [-0.39, 0.29) is 6.61 Å². The van der Waals surface area contributed by atoms with Crippen molar-refractivity contribution in [2.45, 2.75) is 26.7 Å². The topological polar surface area (TPSA) is 47.3 Å². The van der Waals surface area contributed by atoms with Gasteiger partial charge in [-0.3, -0.25) is 0 Å². The molecule has 0 saturated heterocycles. The van der Waals surface area contributed by atoms with Gasteiger partial charge < -0.3 is 9.84 Å². The first kappa shape index (κ1) is 17.2. The Balaban J connectivity index is 0.000000569. The van der Waals surface area contributed by atoms with Crippen LogP contribution in [0.5, 0.6) is 5.75 Å². The fraction of sp³-hybridized carbons (Fsp3) is 0.286. The molecule has 0 atom stereocenters. The molecule has 1 aromatic heterocycles. The van der Waals surface area contributed by atoms with Gasteiger partial charge in [0.15, 0.2) is 0 Å². The number of hydrogen-bond donors (Lipinski definition) is 1. The van der Waals surface area contributed by atoms with E-state index in [1.54, 1.807) is 14.0 Å². The third-order valence-electron chi connectivity index (χ3n) is 4.42. The third kappa shape index (κ3) is 3.30. The van der Waals surface area contributed by atoms with Crippen LogP contribution in [0, 0.1) is 6.92 Å². The number of hydrogen-bond acceptors (Lipinski definition) is 3. The van der Waals surface area contributed by atoms with Gasteiger partial charge in [0.2, 0.25) is 0 Å². The molecule has 0 fully saturated rings. The molecule has 130 valence electrons. The maximum absolute atomic E-state index is 7.57. The largest absolute Gasteiger partial charge is 0.497 e. The minimum Gasteiger partial charge on any atom is -0.497 e. The summed E-state index contributed by atoms with van der Waals surface area (Å²) in [6.07, 6.45) is 2.16. The van der Waals surface area contributed by atoms with Crippen LogP contribution in [-0.2, 0) is 12.8 Å². The van der Waals surface area contributed by atoms with Crippen molar-refractivity contribution in [3.63, 3.8) is 0 Å². The van der Waals surface area contributed by atoms with Gasteiger partial charge in [0, 0.05) is 17.7 Å². The van der Waals surface area contributed by atoms with Gasteiger partial charge in [-0.1, -0.05) is 24.3 Å². The van der Waals surface area contributed by atoms with E-state index in [0.717, 1.165) is 30.0 Å². The van der Waals surface area contributed by atoms with Gasteiger partial charge in [-0.15, -0.1) is 0 Å². The molecule has 1 aliphatic rings. The van der Waals surface area contributed by atoms with Crippen LogP contribution in [-0.4, -0.2) is 28.6 Å². The first-order chi connectivity index (χ1) is 12.2. The summed E-state index contributed by atoms with van der Waals surface area (Å²) in [4.78, 5) is 0. The van der Waals surface area contributed by atoms with Crippen LogP contribution in [0.25, 0.3) is 16.9 Å². The summed E-state index contributed by atoms with van der Waals surface area (Å²) in [7, 11) is 1.69. The molecule has 0 aliphatic heterocycles. The molecule has 0 amide bonds. The van der Waals surface area contributed by atoms with E-state index in [4.69, 9.17) is 14.9 Å². The highest BCUT2D eigenvalue weighted by Gasteiger charge is 2.23. The molecule has 0 unspecified atom stereocenters. The first-order valence-corrected chi connectivity index (χ1v) is 8.61. The van der Waals surface area contributed by atoms with Gasteiger partial charge >= 0.3 is 0 Å². The number of fused-ring (bicyclic) bond motifs is 3. The van der Waals surface area contributed by atoms with Crippen LogP contribution in [0.3, 0.4) is 0 Å². The summed E-state index contributed by atoms with van der Waals surface area (Å²) in [5, 5.41) is 12.4. The van der Waals surface area contributed by atoms with Crippen LogP contribution in [0.2, 0.25) is 0 Å². The van der Waals surface area contributed by atoms with E-state index in [0.29, 0.717) is 0 Å². The average Bonchev–Trinajstić information content (AvgIpc) is 3.00. The van der Waals surface area contributed by atoms with Gasteiger partial charge in [-0.05, 0) is 56.5 Å². The van der Waals surface area contributed by atoms with E-state index >= 15 is 0 Å². The molecule has 4 heteroatoms. The van der Waals surface area contributed by atoms with E-state index < -0.39 is 0 Å². The number of ether oxygens (including phenoxy) is 1. The molecular formula is C21H24N2O2. The molecule has 25 heavy (non-hydrogen) atoms. The summed E-state index contributed by atoms with van der Waals surface area (Å²) in [5.74, 6) is 0.863. The van der Waals surface area contributed by atoms with Crippen molar-refractivity contribution in [1.82, 2.24) is 9.78 Å². The molecular weight excluding hydrogens is 312 g/mol. The number of aryl methyl sites for hydroxylation is 2. The summed E-state index contributed by atoms with van der Waals surface area (Å²) in [6.45, 7) is 4.03. The zero-order valence-corrected chi connectivity index (χ0v) is 15.0. The molecule has 1 heterocycles. The average molecular weight is 336 g/mol. The standard InChI is InChI=1S/C19H18N2O.C2H6O/c1-13-17-12-7-14-5-3-4-6-18(14)19(17)21(20-13)15-8-10-16(22-2)11-9-15;1-2-3/h3-6,8-11H,7,12H2,1-2H3;3H,2H2,1H3. The number of aliphatic hydroxyl groups excluding tert-OH is 1. The van der Waals surface area contributed by atoms with Crippen LogP contribution in [0.15, 0.2) is 48.5 Å². The number of benzene rings is 2. The minimum atomic E-state index is 0.250. The van der Waals surface area contributed by atoms with Gasteiger partial charge in [0.05, 0.1) is 24.2 Å². The number of rotatable bonds is 2. The number of aliphatic hydroxyl groups is 1. The molecule has 2 aromatic carbocycles. The minimum absolute atomic E-state index is 0.250. The fourth-order valence-electron chi connectivity index (χ4n) is 3.27. The quantitative estimate of drug-likeness (QED) is 0.771. The van der Waals surface area contributed by atoms with Crippen LogP contribution in [0.4, 0.5) is 0 Å². The number of nitrogens with zero attached hydrogens (tertiary/aromatic N) is 2. The SMILES string of the molecule is CCO.COc1ccc(-n2nc(C)c3c2-c2ccccc2CC3)cc1. The van der Waals surface area contributed by atoms with Gasteiger partial charge in [0.25, 0.3) is 0 Å². The zero-order chi connectivity index (χ0) is 17.8. The van der Waals surface area contributed by atoms with Crippen LogP contribution >= 0.6 is 0 Å². The third-order valence-corrected chi connectivity index (χ3v) is 4.42. The lowest BCUT2D eigenvalue weighted by Crippen LogP contribution is -2.07. The van der Waals surface area contributed by atoms with Crippen molar-refractivity contribution in [3.8, 4) is 22.7 Å². The first-order valence-electron chi connectivity index (χ1n) is 8.61. The predicted molar refractivity (Wildman–Crippen MR) is 100 cm³/mol. The lowest BCUT2D eigenvalue weighted by atomic mass is 9.89. The number of methoxy groups -OCH3 is 1. The van der Waals surface area contributed by atoms with Crippen molar-refractivity contribution in [3.05, 3.63) is 65.4 Å². The molecule has 0 saturated carbocycles. The Kier molecular flexibility index (Phi) is 5.19. The molecule has 3 aromatic rings. The predicted octanol–water partition coefficient (Wildman–Crippen LogP) is 3.95. The van der Waals surface area contributed by atoms with Crippen molar-refractivity contribution < 1.29 is 9.84 Å². The highest BCUT2D eigenvalue weighted by Crippen LogP contribution is 2.36. The van der Waals surface area contributed by atoms with Gasteiger partial charge in [0.1, 0.15) is 5.75 Å². The van der Waals surface area contributed by atoms with Crippen molar-refractivity contribution >= 4 is 0 Å². The lowest BCUT2D eigenvalue weighted by Gasteiger charge is -2.18. The molecule has 1 aliphatic carbocycles. The maximum Gasteiger partial charge on any atom is 0.119 e. The zero-order valence-electron chi connectivity index (χ0n) is 15.0. The molecule has 0 bridgehead atoms. The molecule has 0 spiro atoms. The van der Waals surface area contributed by atoms with E-state index in [9.17, 15) is 0 Å².